The summed E-state index contributed by atoms with van der Waals surface area (Å²) in [4.78, 5) is 0. The monoisotopic (exact) mass is 610 g/mol. The Hall–Kier alpha value is -2.60. The lowest BCUT2D eigenvalue weighted by Crippen LogP contribution is -2.60. The molecular formula is C29H38O14. The summed E-state index contributed by atoms with van der Waals surface area (Å²) in [6.45, 7) is -1.58. The standard InChI is InChI=1S/C29H38O14/c1-38-19-10-15(5-6-17(19)32)24-25(16-9-14(3-2-8-30)4-7-18(16)41-24)43-27-23(35)22(34)21(33)20(42-27)11-39-28-26(36)29(37,12-31)13-40-28/h4-7,9-10,20-28,30-37H,2-3,8,11-13H2,1H3/t20-,21-,22+,23-,24+,25-,26+,27+,28-,29-/m1/s1. The molecule has 14 nitrogen and oxygen atoms in total. The Morgan fingerprint density at radius 3 is 2.47 bits per heavy atom. The fourth-order valence-electron chi connectivity index (χ4n) is 5.42. The third-order valence-electron chi connectivity index (χ3n) is 8.02. The van der Waals surface area contributed by atoms with Gasteiger partial charge in [0.2, 0.25) is 0 Å². The van der Waals surface area contributed by atoms with E-state index >= 15 is 0 Å². The lowest BCUT2D eigenvalue weighted by molar-refractivity contribution is -0.323. The van der Waals surface area contributed by atoms with Gasteiger partial charge in [0.15, 0.2) is 30.2 Å². The molecule has 2 fully saturated rings. The first-order valence-electron chi connectivity index (χ1n) is 14.0. The molecule has 3 heterocycles. The Morgan fingerprint density at radius 2 is 1.77 bits per heavy atom. The number of benzene rings is 2. The van der Waals surface area contributed by atoms with Crippen LogP contribution in [-0.2, 0) is 25.4 Å². The van der Waals surface area contributed by atoms with Crippen molar-refractivity contribution in [3.63, 3.8) is 0 Å². The van der Waals surface area contributed by atoms with Gasteiger partial charge in [0.1, 0.15) is 48.0 Å². The van der Waals surface area contributed by atoms with Crippen LogP contribution in [0, 0.1) is 0 Å². The van der Waals surface area contributed by atoms with E-state index in [1.54, 1.807) is 18.2 Å². The van der Waals surface area contributed by atoms with Gasteiger partial charge in [-0.2, -0.15) is 0 Å². The Kier molecular flexibility index (Phi) is 9.75. The van der Waals surface area contributed by atoms with Gasteiger partial charge in [0.25, 0.3) is 0 Å². The van der Waals surface area contributed by atoms with Crippen molar-refractivity contribution in [3.05, 3.63) is 53.1 Å². The average molecular weight is 611 g/mol. The molecule has 8 N–H and O–H groups in total. The van der Waals surface area contributed by atoms with Crippen LogP contribution in [0.5, 0.6) is 17.2 Å². The first kappa shape index (κ1) is 31.8. The minimum Gasteiger partial charge on any atom is -0.504 e. The van der Waals surface area contributed by atoms with Gasteiger partial charge in [-0.3, -0.25) is 0 Å². The number of methoxy groups -OCH3 is 1. The highest BCUT2D eigenvalue weighted by atomic mass is 16.7. The summed E-state index contributed by atoms with van der Waals surface area (Å²) in [5.74, 6) is 0.614. The zero-order valence-corrected chi connectivity index (χ0v) is 23.4. The maximum atomic E-state index is 10.9. The van der Waals surface area contributed by atoms with E-state index in [1.165, 1.54) is 13.2 Å². The van der Waals surface area contributed by atoms with Crippen molar-refractivity contribution in [1.82, 2.24) is 0 Å². The van der Waals surface area contributed by atoms with Crippen molar-refractivity contribution in [2.75, 3.05) is 33.5 Å². The summed E-state index contributed by atoms with van der Waals surface area (Å²) in [7, 11) is 1.41. The number of aromatic hydroxyl groups is 1. The molecule has 0 aromatic heterocycles. The molecule has 0 unspecified atom stereocenters. The molecule has 2 aromatic rings. The molecule has 0 spiro atoms. The van der Waals surface area contributed by atoms with E-state index in [2.05, 4.69) is 0 Å². The number of phenols is 1. The number of aryl methyl sites for hydroxylation is 1. The van der Waals surface area contributed by atoms with Gasteiger partial charge in [-0.05, 0) is 48.2 Å². The molecule has 43 heavy (non-hydrogen) atoms. The van der Waals surface area contributed by atoms with E-state index in [-0.39, 0.29) is 24.7 Å². The first-order valence-corrected chi connectivity index (χ1v) is 14.0. The van der Waals surface area contributed by atoms with Crippen molar-refractivity contribution >= 4 is 0 Å². The molecule has 2 saturated heterocycles. The van der Waals surface area contributed by atoms with Crippen molar-refractivity contribution in [1.29, 1.82) is 0 Å². The Labute approximate surface area is 247 Å². The van der Waals surface area contributed by atoms with E-state index in [0.29, 0.717) is 29.7 Å². The fraction of sp³-hybridized carbons (Fsp3) is 0.586. The normalized spacial score (nSPS) is 35.5. The topological polar surface area (TPSA) is 217 Å². The summed E-state index contributed by atoms with van der Waals surface area (Å²) in [6.07, 6.45) is -11.3. The fourth-order valence-corrected chi connectivity index (χ4v) is 5.42. The Morgan fingerprint density at radius 1 is 0.977 bits per heavy atom. The minimum atomic E-state index is -1.92. The second kappa shape index (κ2) is 13.2. The summed E-state index contributed by atoms with van der Waals surface area (Å²) in [5, 5.41) is 81.4. The molecule has 3 aliphatic rings. The van der Waals surface area contributed by atoms with Crippen LogP contribution in [0.3, 0.4) is 0 Å². The van der Waals surface area contributed by atoms with Crippen LogP contribution >= 0.6 is 0 Å². The zero-order valence-electron chi connectivity index (χ0n) is 23.4. The van der Waals surface area contributed by atoms with Crippen LogP contribution in [-0.4, -0.2) is 123 Å². The maximum Gasteiger partial charge on any atom is 0.187 e. The number of hydrogen-bond acceptors (Lipinski definition) is 14. The lowest BCUT2D eigenvalue weighted by Gasteiger charge is -2.41. The van der Waals surface area contributed by atoms with Gasteiger partial charge in [-0.25, -0.2) is 0 Å². The number of hydrogen-bond donors (Lipinski definition) is 8. The average Bonchev–Trinajstić information content (AvgIpc) is 3.52. The largest absolute Gasteiger partial charge is 0.504 e. The third kappa shape index (κ3) is 6.32. The number of aliphatic hydroxyl groups excluding tert-OH is 6. The molecule has 2 aromatic carbocycles. The number of aliphatic hydroxyl groups is 7. The molecule has 0 bridgehead atoms. The summed E-state index contributed by atoms with van der Waals surface area (Å²) in [5.41, 5.74) is 0.166. The smallest absolute Gasteiger partial charge is 0.187 e. The number of phenolic OH excluding ortho intramolecular Hbond substituents is 1. The van der Waals surface area contributed by atoms with Crippen molar-refractivity contribution in [2.24, 2.45) is 0 Å². The number of rotatable bonds is 11. The van der Waals surface area contributed by atoms with Crippen molar-refractivity contribution < 1.29 is 69.3 Å². The van der Waals surface area contributed by atoms with Crippen LogP contribution in [0.1, 0.15) is 35.3 Å². The predicted octanol–water partition coefficient (Wildman–Crippen LogP) is -1.22. The first-order chi connectivity index (χ1) is 20.6. The van der Waals surface area contributed by atoms with E-state index in [1.807, 2.05) is 12.1 Å². The summed E-state index contributed by atoms with van der Waals surface area (Å²) in [6, 6.07) is 10.1. The molecule has 5 rings (SSSR count). The SMILES string of the molecule is COc1cc([C@@H]2Oc3ccc(CCCO)cc3[C@H]2O[C@@H]2O[C@H](CO[C@@H]3OC[C@](O)(CO)[C@H]3O)[C@@H](O)[C@H](O)[C@H]2O)ccc1O. The summed E-state index contributed by atoms with van der Waals surface area (Å²) >= 11 is 0. The Balaban J connectivity index is 1.38. The molecule has 0 aliphatic carbocycles. The molecule has 0 saturated carbocycles. The van der Waals surface area contributed by atoms with E-state index in [9.17, 15) is 40.9 Å². The molecule has 14 heteroatoms. The minimum absolute atomic E-state index is 0.0113. The third-order valence-corrected chi connectivity index (χ3v) is 8.02. The predicted molar refractivity (Wildman–Crippen MR) is 144 cm³/mol. The zero-order chi connectivity index (χ0) is 30.9. The highest BCUT2D eigenvalue weighted by molar-refractivity contribution is 5.48. The van der Waals surface area contributed by atoms with Crippen LogP contribution in [0.4, 0.5) is 0 Å². The van der Waals surface area contributed by atoms with Gasteiger partial charge < -0.3 is 69.3 Å². The maximum absolute atomic E-state index is 10.9. The van der Waals surface area contributed by atoms with Crippen LogP contribution < -0.4 is 9.47 Å². The van der Waals surface area contributed by atoms with E-state index in [0.717, 1.165) is 5.56 Å². The van der Waals surface area contributed by atoms with Crippen LogP contribution in [0.15, 0.2) is 36.4 Å². The molecule has 238 valence electrons. The second-order valence-corrected chi connectivity index (χ2v) is 11.0. The van der Waals surface area contributed by atoms with Gasteiger partial charge in [-0.1, -0.05) is 12.1 Å². The van der Waals surface area contributed by atoms with Gasteiger partial charge in [-0.15, -0.1) is 0 Å². The van der Waals surface area contributed by atoms with Crippen molar-refractivity contribution in [2.45, 2.75) is 73.8 Å². The van der Waals surface area contributed by atoms with Gasteiger partial charge >= 0.3 is 0 Å². The molecule has 0 radical (unpaired) electrons. The van der Waals surface area contributed by atoms with Crippen molar-refractivity contribution in [3.8, 4) is 17.2 Å². The highest BCUT2D eigenvalue weighted by Crippen LogP contribution is 2.49. The lowest BCUT2D eigenvalue weighted by atomic mass is 9.96. The van der Waals surface area contributed by atoms with Gasteiger partial charge in [0.05, 0.1) is 26.9 Å². The summed E-state index contributed by atoms with van der Waals surface area (Å²) < 4.78 is 34.4. The molecule has 0 amide bonds. The number of ether oxygens (including phenoxy) is 6. The second-order valence-electron chi connectivity index (χ2n) is 11.0. The Bertz CT molecular complexity index is 1240. The van der Waals surface area contributed by atoms with Crippen LogP contribution in [0.2, 0.25) is 0 Å². The molecular weight excluding hydrogens is 572 g/mol. The molecule has 10 atom stereocenters. The van der Waals surface area contributed by atoms with Crippen LogP contribution in [0.25, 0.3) is 0 Å². The van der Waals surface area contributed by atoms with Gasteiger partial charge in [0, 0.05) is 12.2 Å². The van der Waals surface area contributed by atoms with E-state index < -0.39 is 74.1 Å². The van der Waals surface area contributed by atoms with E-state index in [4.69, 9.17) is 28.4 Å². The number of fused-ring (bicyclic) bond motifs is 1. The quantitative estimate of drug-likeness (QED) is 0.150. The highest BCUT2D eigenvalue weighted by Gasteiger charge is 2.51. The molecule has 3 aliphatic heterocycles.